The Morgan fingerprint density at radius 3 is 2.75 bits per heavy atom. The Balaban J connectivity index is 1.49. The van der Waals surface area contributed by atoms with E-state index in [0.717, 1.165) is 22.2 Å². The van der Waals surface area contributed by atoms with Gasteiger partial charge in [-0.05, 0) is 62.7 Å². The maximum Gasteiger partial charge on any atom is 0.338 e. The molecule has 0 spiro atoms. The van der Waals surface area contributed by atoms with Crippen LogP contribution in [0, 0.1) is 6.92 Å². The molecule has 6 nitrogen and oxygen atoms in total. The smallest absolute Gasteiger partial charge is 0.338 e. The van der Waals surface area contributed by atoms with Gasteiger partial charge < -0.3 is 9.15 Å². The van der Waals surface area contributed by atoms with E-state index in [9.17, 15) is 9.59 Å². The number of hydrogen-bond acceptors (Lipinski definition) is 6. The molecule has 0 aliphatic carbocycles. The van der Waals surface area contributed by atoms with Crippen LogP contribution in [0.25, 0.3) is 33.4 Å². The number of aromatic nitrogens is 2. The lowest BCUT2D eigenvalue weighted by atomic mass is 10.0. The molecule has 5 aromatic rings. The van der Waals surface area contributed by atoms with E-state index in [1.54, 1.807) is 22.6 Å². The van der Waals surface area contributed by atoms with Gasteiger partial charge in [0.1, 0.15) is 16.1 Å². The third-order valence-corrected chi connectivity index (χ3v) is 6.08. The number of para-hydroxylation sites is 2. The number of nitrogens with zero attached hydrogens (tertiary/aromatic N) is 2. The molecular weight excluding hydrogens is 424 g/mol. The van der Waals surface area contributed by atoms with Gasteiger partial charge in [0.15, 0.2) is 4.96 Å². The number of hydrogen-bond donors (Lipinski definition) is 0. The topological polar surface area (TPSA) is 73.8 Å². The Morgan fingerprint density at radius 2 is 1.97 bits per heavy atom. The van der Waals surface area contributed by atoms with E-state index >= 15 is 0 Å². The summed E-state index contributed by atoms with van der Waals surface area (Å²) in [5, 5.41) is 0. The third-order valence-electron chi connectivity index (χ3n) is 5.12. The zero-order valence-electron chi connectivity index (χ0n) is 17.8. The second-order valence-corrected chi connectivity index (χ2v) is 8.83. The Hall–Kier alpha value is -3.71. The minimum Gasteiger partial charge on any atom is -0.459 e. The Bertz CT molecular complexity index is 1590. The zero-order chi connectivity index (χ0) is 22.4. The molecular formula is C25H20N2O4S. The van der Waals surface area contributed by atoms with Crippen LogP contribution in [-0.4, -0.2) is 21.5 Å². The average Bonchev–Trinajstić information content (AvgIpc) is 3.43. The Labute approximate surface area is 187 Å². The summed E-state index contributed by atoms with van der Waals surface area (Å²) in [6, 6.07) is 16.6. The van der Waals surface area contributed by atoms with E-state index in [1.165, 1.54) is 11.3 Å². The van der Waals surface area contributed by atoms with Crippen molar-refractivity contribution in [2.24, 2.45) is 0 Å². The number of carbonyl (C=O) groups is 1. The summed E-state index contributed by atoms with van der Waals surface area (Å²) in [4.78, 5) is 30.3. The molecule has 32 heavy (non-hydrogen) atoms. The zero-order valence-corrected chi connectivity index (χ0v) is 18.6. The highest BCUT2D eigenvalue weighted by Gasteiger charge is 2.14. The summed E-state index contributed by atoms with van der Waals surface area (Å²) in [6.45, 7) is 5.56. The maximum absolute atomic E-state index is 12.9. The van der Waals surface area contributed by atoms with Crippen molar-refractivity contribution in [3.63, 3.8) is 0 Å². The van der Waals surface area contributed by atoms with Crippen LogP contribution in [0.15, 0.2) is 63.8 Å². The minimum absolute atomic E-state index is 0.110. The van der Waals surface area contributed by atoms with E-state index in [0.29, 0.717) is 26.6 Å². The predicted molar refractivity (Wildman–Crippen MR) is 125 cm³/mol. The summed E-state index contributed by atoms with van der Waals surface area (Å²) in [6.07, 6.45) is 1.57. The lowest BCUT2D eigenvalue weighted by molar-refractivity contribution is 0.0378. The van der Waals surface area contributed by atoms with Gasteiger partial charge in [-0.25, -0.2) is 14.2 Å². The number of imidazole rings is 1. The molecule has 5 rings (SSSR count). The van der Waals surface area contributed by atoms with Gasteiger partial charge in [0.25, 0.3) is 5.56 Å². The van der Waals surface area contributed by atoms with Crippen molar-refractivity contribution in [2.75, 3.05) is 0 Å². The standard InChI is InChI=1S/C25H20N2O4S/c1-14(2)30-24(29)16-8-10-18(15(3)12-16)21-11-9-17(31-21)13-22-23(28)27-20-7-5-4-6-19(20)26-25(27)32-22/h4-14H,1-3H3/b22-13+. The van der Waals surface area contributed by atoms with Crippen LogP contribution in [0.5, 0.6) is 0 Å². The molecule has 3 aromatic heterocycles. The van der Waals surface area contributed by atoms with Gasteiger partial charge in [-0.2, -0.15) is 0 Å². The minimum atomic E-state index is -0.346. The number of benzene rings is 2. The molecule has 0 amide bonds. The monoisotopic (exact) mass is 444 g/mol. The molecule has 2 aromatic carbocycles. The number of carbonyl (C=O) groups excluding carboxylic acids is 1. The molecule has 160 valence electrons. The highest BCUT2D eigenvalue weighted by Crippen LogP contribution is 2.27. The van der Waals surface area contributed by atoms with Crippen LogP contribution < -0.4 is 10.1 Å². The fraction of sp³-hybridized carbons (Fsp3) is 0.160. The molecule has 0 N–H and O–H groups in total. The number of fused-ring (bicyclic) bond motifs is 3. The summed E-state index contributed by atoms with van der Waals surface area (Å²) >= 11 is 1.34. The van der Waals surface area contributed by atoms with Crippen molar-refractivity contribution in [1.29, 1.82) is 0 Å². The number of ether oxygens (including phenoxy) is 1. The van der Waals surface area contributed by atoms with Crippen LogP contribution in [0.2, 0.25) is 0 Å². The van der Waals surface area contributed by atoms with Gasteiger partial charge in [-0.3, -0.25) is 4.79 Å². The molecule has 3 heterocycles. The van der Waals surface area contributed by atoms with E-state index in [-0.39, 0.29) is 17.6 Å². The van der Waals surface area contributed by atoms with Crippen molar-refractivity contribution >= 4 is 39.4 Å². The van der Waals surface area contributed by atoms with E-state index in [1.807, 2.05) is 63.2 Å². The fourth-order valence-corrected chi connectivity index (χ4v) is 4.63. The first-order valence-corrected chi connectivity index (χ1v) is 11.1. The van der Waals surface area contributed by atoms with Gasteiger partial charge in [-0.15, -0.1) is 0 Å². The van der Waals surface area contributed by atoms with Gasteiger partial charge in [0, 0.05) is 11.6 Å². The second kappa shape index (κ2) is 7.76. The lowest BCUT2D eigenvalue weighted by Crippen LogP contribution is -2.22. The highest BCUT2D eigenvalue weighted by molar-refractivity contribution is 7.15. The number of aryl methyl sites for hydroxylation is 1. The van der Waals surface area contributed by atoms with E-state index in [4.69, 9.17) is 9.15 Å². The van der Waals surface area contributed by atoms with Crippen molar-refractivity contribution in [3.05, 3.63) is 86.4 Å². The van der Waals surface area contributed by atoms with Crippen LogP contribution in [0.1, 0.15) is 35.5 Å². The van der Waals surface area contributed by atoms with Crippen LogP contribution in [0.3, 0.4) is 0 Å². The van der Waals surface area contributed by atoms with Crippen molar-refractivity contribution in [1.82, 2.24) is 9.38 Å². The van der Waals surface area contributed by atoms with Crippen molar-refractivity contribution in [3.8, 4) is 11.3 Å². The van der Waals surface area contributed by atoms with Crippen LogP contribution >= 0.6 is 11.3 Å². The molecule has 0 bridgehead atoms. The summed E-state index contributed by atoms with van der Waals surface area (Å²) in [5.74, 6) is 0.895. The predicted octanol–water partition coefficient (Wildman–Crippen LogP) is 4.59. The Kier molecular flexibility index (Phi) is 4.90. The molecule has 0 unspecified atom stereocenters. The normalized spacial score (nSPS) is 12.3. The number of rotatable bonds is 4. The summed E-state index contributed by atoms with van der Waals surface area (Å²) < 4.78 is 13.5. The maximum atomic E-state index is 12.9. The lowest BCUT2D eigenvalue weighted by Gasteiger charge is -2.09. The molecule has 0 saturated carbocycles. The van der Waals surface area contributed by atoms with E-state index in [2.05, 4.69) is 4.98 Å². The fourth-order valence-electron chi connectivity index (χ4n) is 3.67. The van der Waals surface area contributed by atoms with E-state index < -0.39 is 0 Å². The number of furan rings is 1. The highest BCUT2D eigenvalue weighted by atomic mass is 32.1. The molecule has 0 saturated heterocycles. The quantitative estimate of drug-likeness (QED) is 0.379. The molecule has 0 fully saturated rings. The first kappa shape index (κ1) is 20.2. The summed E-state index contributed by atoms with van der Waals surface area (Å²) in [7, 11) is 0. The van der Waals surface area contributed by atoms with Crippen LogP contribution in [-0.2, 0) is 4.74 Å². The van der Waals surface area contributed by atoms with Gasteiger partial charge >= 0.3 is 5.97 Å². The third kappa shape index (κ3) is 3.50. The van der Waals surface area contributed by atoms with Crippen molar-refractivity contribution in [2.45, 2.75) is 26.9 Å². The van der Waals surface area contributed by atoms with Gasteiger partial charge in [0.05, 0.1) is 22.7 Å². The second-order valence-electron chi connectivity index (χ2n) is 7.82. The summed E-state index contributed by atoms with van der Waals surface area (Å²) in [5.41, 5.74) is 3.77. The molecule has 0 aliphatic heterocycles. The number of thiazole rings is 1. The largest absolute Gasteiger partial charge is 0.459 e. The average molecular weight is 445 g/mol. The molecule has 0 aliphatic rings. The SMILES string of the molecule is Cc1cc(C(=O)OC(C)C)ccc1-c1ccc(/C=c2/sc3nc4ccccc4n3c2=O)o1. The molecule has 0 radical (unpaired) electrons. The molecule has 7 heteroatoms. The van der Waals surface area contributed by atoms with Crippen LogP contribution in [0.4, 0.5) is 0 Å². The number of esters is 1. The first-order valence-electron chi connectivity index (χ1n) is 10.2. The Morgan fingerprint density at radius 1 is 1.16 bits per heavy atom. The first-order chi connectivity index (χ1) is 15.4. The van der Waals surface area contributed by atoms with Crippen molar-refractivity contribution < 1.29 is 13.9 Å². The molecule has 0 atom stereocenters. The van der Waals surface area contributed by atoms with Gasteiger partial charge in [0.2, 0.25) is 0 Å². The van der Waals surface area contributed by atoms with Gasteiger partial charge in [-0.1, -0.05) is 29.5 Å².